The molecule has 112 valence electrons. The molecule has 0 bridgehead atoms. The van der Waals surface area contributed by atoms with Gasteiger partial charge in [0.15, 0.2) is 11.6 Å². The van der Waals surface area contributed by atoms with Gasteiger partial charge in [0.1, 0.15) is 12.4 Å². The van der Waals surface area contributed by atoms with Gasteiger partial charge in [0.05, 0.1) is 12.7 Å². The topological polar surface area (TPSA) is 59.1 Å². The Morgan fingerprint density at radius 3 is 2.71 bits per heavy atom. The summed E-state index contributed by atoms with van der Waals surface area (Å²) >= 11 is 0. The summed E-state index contributed by atoms with van der Waals surface area (Å²) in [6.45, 7) is 3.67. The smallest absolute Gasteiger partial charge is 0.224 e. The SMILES string of the molecule is CCCNc1ncc(F)c(NCCOc2ccccc2)n1. The van der Waals surface area contributed by atoms with Gasteiger partial charge in [-0.3, -0.25) is 0 Å². The highest BCUT2D eigenvalue weighted by Gasteiger charge is 2.06. The van der Waals surface area contributed by atoms with Gasteiger partial charge in [-0.1, -0.05) is 25.1 Å². The summed E-state index contributed by atoms with van der Waals surface area (Å²) < 4.78 is 19.1. The molecule has 2 N–H and O–H groups in total. The van der Waals surface area contributed by atoms with Gasteiger partial charge in [0.2, 0.25) is 5.95 Å². The van der Waals surface area contributed by atoms with Gasteiger partial charge in [-0.2, -0.15) is 4.98 Å². The van der Waals surface area contributed by atoms with E-state index in [2.05, 4.69) is 20.6 Å². The number of hydrogen-bond donors (Lipinski definition) is 2. The number of aromatic nitrogens is 2. The number of nitrogens with one attached hydrogen (secondary N) is 2. The molecule has 1 aromatic carbocycles. The van der Waals surface area contributed by atoms with E-state index in [4.69, 9.17) is 4.74 Å². The minimum Gasteiger partial charge on any atom is -0.492 e. The van der Waals surface area contributed by atoms with Crippen LogP contribution in [0, 0.1) is 5.82 Å². The number of hydrogen-bond acceptors (Lipinski definition) is 5. The third kappa shape index (κ3) is 4.91. The quantitative estimate of drug-likeness (QED) is 0.732. The summed E-state index contributed by atoms with van der Waals surface area (Å²) in [6, 6.07) is 9.47. The summed E-state index contributed by atoms with van der Waals surface area (Å²) in [6.07, 6.45) is 2.11. The summed E-state index contributed by atoms with van der Waals surface area (Å²) in [5.41, 5.74) is 0. The van der Waals surface area contributed by atoms with Crippen molar-refractivity contribution in [2.45, 2.75) is 13.3 Å². The predicted molar refractivity (Wildman–Crippen MR) is 81.2 cm³/mol. The molecule has 0 amide bonds. The maximum atomic E-state index is 13.6. The lowest BCUT2D eigenvalue weighted by atomic mass is 10.3. The first-order valence-electron chi connectivity index (χ1n) is 6.97. The largest absolute Gasteiger partial charge is 0.492 e. The van der Waals surface area contributed by atoms with E-state index >= 15 is 0 Å². The fourth-order valence-electron chi connectivity index (χ4n) is 1.67. The van der Waals surface area contributed by atoms with Crippen molar-refractivity contribution in [1.82, 2.24) is 9.97 Å². The lowest BCUT2D eigenvalue weighted by Crippen LogP contribution is -2.14. The molecule has 0 spiro atoms. The zero-order chi connectivity index (χ0) is 14.9. The number of ether oxygens (including phenoxy) is 1. The molecule has 0 atom stereocenters. The molecule has 1 heterocycles. The number of halogens is 1. The molecule has 21 heavy (non-hydrogen) atoms. The Morgan fingerprint density at radius 2 is 1.95 bits per heavy atom. The fourth-order valence-corrected chi connectivity index (χ4v) is 1.67. The van der Waals surface area contributed by atoms with E-state index in [1.165, 1.54) is 0 Å². The second-order valence-electron chi connectivity index (χ2n) is 4.41. The van der Waals surface area contributed by atoms with E-state index in [1.54, 1.807) is 0 Å². The minimum absolute atomic E-state index is 0.181. The van der Waals surface area contributed by atoms with Crippen LogP contribution in [-0.4, -0.2) is 29.7 Å². The van der Waals surface area contributed by atoms with Crippen LogP contribution in [0.25, 0.3) is 0 Å². The molecule has 0 fully saturated rings. The van der Waals surface area contributed by atoms with Gasteiger partial charge in [0, 0.05) is 6.54 Å². The van der Waals surface area contributed by atoms with Gasteiger partial charge >= 0.3 is 0 Å². The number of rotatable bonds is 8. The van der Waals surface area contributed by atoms with Crippen LogP contribution in [0.5, 0.6) is 5.75 Å². The Kier molecular flexibility index (Phi) is 5.75. The summed E-state index contributed by atoms with van der Waals surface area (Å²) in [7, 11) is 0. The molecule has 6 heteroatoms. The Balaban J connectivity index is 1.82. The molecule has 2 rings (SSSR count). The van der Waals surface area contributed by atoms with Gasteiger partial charge in [-0.25, -0.2) is 9.37 Å². The zero-order valence-electron chi connectivity index (χ0n) is 12.0. The predicted octanol–water partition coefficient (Wildman–Crippen LogP) is 2.93. The van der Waals surface area contributed by atoms with Crippen molar-refractivity contribution in [1.29, 1.82) is 0 Å². The maximum Gasteiger partial charge on any atom is 0.224 e. The Bertz CT molecular complexity index is 551. The molecule has 0 saturated heterocycles. The van der Waals surface area contributed by atoms with Crippen molar-refractivity contribution in [3.8, 4) is 5.75 Å². The molecule has 0 aliphatic rings. The van der Waals surface area contributed by atoms with Crippen LogP contribution in [-0.2, 0) is 0 Å². The van der Waals surface area contributed by atoms with Crippen LogP contribution in [0.15, 0.2) is 36.5 Å². The average molecular weight is 290 g/mol. The average Bonchev–Trinajstić information content (AvgIpc) is 2.53. The molecule has 2 aromatic rings. The van der Waals surface area contributed by atoms with Crippen LogP contribution in [0.2, 0.25) is 0 Å². The third-order valence-corrected chi connectivity index (χ3v) is 2.68. The Labute approximate surface area is 123 Å². The van der Waals surface area contributed by atoms with E-state index in [9.17, 15) is 4.39 Å². The van der Waals surface area contributed by atoms with Gasteiger partial charge in [-0.15, -0.1) is 0 Å². The van der Waals surface area contributed by atoms with Crippen molar-refractivity contribution < 1.29 is 9.13 Å². The molecular weight excluding hydrogens is 271 g/mol. The Morgan fingerprint density at radius 1 is 1.14 bits per heavy atom. The van der Waals surface area contributed by atoms with Crippen molar-refractivity contribution in [2.75, 3.05) is 30.3 Å². The number of benzene rings is 1. The van der Waals surface area contributed by atoms with Crippen LogP contribution >= 0.6 is 0 Å². The van der Waals surface area contributed by atoms with Gasteiger partial charge in [0.25, 0.3) is 0 Å². The van der Waals surface area contributed by atoms with Gasteiger partial charge in [-0.05, 0) is 18.6 Å². The van der Waals surface area contributed by atoms with Crippen molar-refractivity contribution >= 4 is 11.8 Å². The molecule has 0 aliphatic heterocycles. The van der Waals surface area contributed by atoms with Gasteiger partial charge < -0.3 is 15.4 Å². The number of nitrogens with zero attached hydrogens (tertiary/aromatic N) is 2. The molecular formula is C15H19FN4O. The second kappa shape index (κ2) is 8.04. The van der Waals surface area contributed by atoms with Crippen LogP contribution in [0.3, 0.4) is 0 Å². The van der Waals surface area contributed by atoms with Crippen molar-refractivity contribution in [3.63, 3.8) is 0 Å². The monoisotopic (exact) mass is 290 g/mol. The normalized spacial score (nSPS) is 10.2. The van der Waals surface area contributed by atoms with Crippen molar-refractivity contribution in [3.05, 3.63) is 42.3 Å². The van der Waals surface area contributed by atoms with E-state index < -0.39 is 5.82 Å². The minimum atomic E-state index is -0.475. The summed E-state index contributed by atoms with van der Waals surface area (Å²) in [5.74, 6) is 0.912. The lowest BCUT2D eigenvalue weighted by molar-refractivity contribution is 0.332. The third-order valence-electron chi connectivity index (χ3n) is 2.68. The van der Waals surface area contributed by atoms with Crippen LogP contribution in [0.4, 0.5) is 16.2 Å². The summed E-state index contributed by atoms with van der Waals surface area (Å²) in [4.78, 5) is 7.97. The molecule has 0 saturated carbocycles. The van der Waals surface area contributed by atoms with Crippen LogP contribution in [0.1, 0.15) is 13.3 Å². The maximum absolute atomic E-state index is 13.6. The standard InChI is InChI=1S/C15H19FN4O/c1-2-8-18-15-19-11-13(16)14(20-15)17-9-10-21-12-6-4-3-5-7-12/h3-7,11H,2,8-10H2,1H3,(H2,17,18,19,20). The molecule has 0 aliphatic carbocycles. The van der Waals surface area contributed by atoms with Crippen molar-refractivity contribution in [2.24, 2.45) is 0 Å². The van der Waals surface area contributed by atoms with E-state index in [1.807, 2.05) is 37.3 Å². The van der Waals surface area contributed by atoms with Crippen LogP contribution < -0.4 is 15.4 Å². The highest BCUT2D eigenvalue weighted by molar-refractivity contribution is 5.41. The van der Waals surface area contributed by atoms with E-state index in [0.717, 1.165) is 24.9 Å². The molecule has 5 nitrogen and oxygen atoms in total. The molecule has 1 aromatic heterocycles. The lowest BCUT2D eigenvalue weighted by Gasteiger charge is -2.10. The molecule has 0 unspecified atom stereocenters. The zero-order valence-corrected chi connectivity index (χ0v) is 12.0. The first-order chi connectivity index (χ1) is 10.3. The first kappa shape index (κ1) is 15.0. The second-order valence-corrected chi connectivity index (χ2v) is 4.41. The number of anilines is 2. The highest BCUT2D eigenvalue weighted by atomic mass is 19.1. The Hall–Kier alpha value is -2.37. The van der Waals surface area contributed by atoms with E-state index in [0.29, 0.717) is 19.1 Å². The first-order valence-corrected chi connectivity index (χ1v) is 6.97. The molecule has 0 radical (unpaired) electrons. The highest BCUT2D eigenvalue weighted by Crippen LogP contribution is 2.12. The van der Waals surface area contributed by atoms with E-state index in [-0.39, 0.29) is 5.82 Å². The number of para-hydroxylation sites is 1. The fraction of sp³-hybridized carbons (Fsp3) is 0.333. The summed E-state index contributed by atoms with van der Waals surface area (Å²) in [5, 5.41) is 5.93.